The van der Waals surface area contributed by atoms with E-state index >= 15 is 0 Å². The van der Waals surface area contributed by atoms with E-state index in [1.165, 1.54) is 0 Å². The third-order valence-corrected chi connectivity index (χ3v) is 4.23. The minimum absolute atomic E-state index is 0.149. The van der Waals surface area contributed by atoms with Crippen molar-refractivity contribution in [2.45, 2.75) is 26.3 Å². The number of piperazine rings is 1. The van der Waals surface area contributed by atoms with Crippen molar-refractivity contribution >= 4 is 11.8 Å². The molecular formula is C16H23N3O2. The molecule has 1 aromatic rings. The summed E-state index contributed by atoms with van der Waals surface area (Å²) in [7, 11) is 0. The van der Waals surface area contributed by atoms with Crippen LogP contribution in [0.1, 0.15) is 18.1 Å². The van der Waals surface area contributed by atoms with E-state index in [9.17, 15) is 9.59 Å². The van der Waals surface area contributed by atoms with Gasteiger partial charge in [-0.1, -0.05) is 24.3 Å². The third kappa shape index (κ3) is 3.82. The van der Waals surface area contributed by atoms with Crippen molar-refractivity contribution in [3.8, 4) is 0 Å². The first-order chi connectivity index (χ1) is 9.99. The summed E-state index contributed by atoms with van der Waals surface area (Å²) in [5, 5.41) is 0. The van der Waals surface area contributed by atoms with Crippen molar-refractivity contribution in [2.24, 2.45) is 5.73 Å². The van der Waals surface area contributed by atoms with E-state index < -0.39 is 0 Å². The molecule has 0 spiro atoms. The molecule has 5 heteroatoms. The highest BCUT2D eigenvalue weighted by Gasteiger charge is 2.26. The van der Waals surface area contributed by atoms with E-state index in [-0.39, 0.29) is 17.9 Å². The average Bonchev–Trinajstić information content (AvgIpc) is 2.49. The van der Waals surface area contributed by atoms with Crippen molar-refractivity contribution in [2.75, 3.05) is 26.2 Å². The Hall–Kier alpha value is -1.88. The topological polar surface area (TPSA) is 66.6 Å². The zero-order valence-corrected chi connectivity index (χ0v) is 12.7. The summed E-state index contributed by atoms with van der Waals surface area (Å²) in [5.74, 6) is -0.162. The Morgan fingerprint density at radius 1 is 1.19 bits per heavy atom. The van der Waals surface area contributed by atoms with Gasteiger partial charge in [-0.3, -0.25) is 14.5 Å². The molecule has 114 valence electrons. The van der Waals surface area contributed by atoms with Crippen LogP contribution in [0.25, 0.3) is 0 Å². The van der Waals surface area contributed by atoms with E-state index in [0.29, 0.717) is 32.6 Å². The summed E-state index contributed by atoms with van der Waals surface area (Å²) >= 11 is 0. The number of carbonyl (C=O) groups is 2. The van der Waals surface area contributed by atoms with E-state index in [1.54, 1.807) is 0 Å². The predicted octanol–water partition coefficient (Wildman–Crippen LogP) is 0.556. The lowest BCUT2D eigenvalue weighted by atomic mass is 10.1. The minimum Gasteiger partial charge on any atom is -0.368 e. The van der Waals surface area contributed by atoms with Crippen LogP contribution in [0, 0.1) is 6.92 Å². The molecule has 5 nitrogen and oxygen atoms in total. The molecule has 1 atom stereocenters. The predicted molar refractivity (Wildman–Crippen MR) is 81.7 cm³/mol. The van der Waals surface area contributed by atoms with E-state index in [4.69, 9.17) is 5.73 Å². The molecule has 0 radical (unpaired) electrons. The molecule has 0 saturated carbocycles. The quantitative estimate of drug-likeness (QED) is 0.880. The van der Waals surface area contributed by atoms with Crippen molar-refractivity contribution in [1.82, 2.24) is 9.80 Å². The molecule has 0 bridgehead atoms. The van der Waals surface area contributed by atoms with Crippen molar-refractivity contribution in [3.63, 3.8) is 0 Å². The highest BCUT2D eigenvalue weighted by molar-refractivity contribution is 5.80. The number of nitrogens with two attached hydrogens (primary N) is 1. The molecule has 2 amide bonds. The maximum Gasteiger partial charge on any atom is 0.234 e. The maximum absolute atomic E-state index is 12.3. The van der Waals surface area contributed by atoms with Crippen molar-refractivity contribution < 1.29 is 9.59 Å². The second kappa shape index (κ2) is 6.72. The maximum atomic E-state index is 12.3. The van der Waals surface area contributed by atoms with Crippen molar-refractivity contribution in [3.05, 3.63) is 35.4 Å². The standard InChI is InChI=1S/C16H23N3O2/c1-12-5-3-4-6-14(12)11-15(20)19-9-7-18(8-10-19)13(2)16(17)21/h3-6,13H,7-11H2,1-2H3,(H2,17,21). The summed E-state index contributed by atoms with van der Waals surface area (Å²) in [6.45, 7) is 6.54. The number of aryl methyl sites for hydroxylation is 1. The lowest BCUT2D eigenvalue weighted by molar-refractivity contribution is -0.133. The molecule has 1 aromatic carbocycles. The van der Waals surface area contributed by atoms with Crippen LogP contribution < -0.4 is 5.73 Å². The number of hydrogen-bond donors (Lipinski definition) is 1. The number of nitrogens with zero attached hydrogens (tertiary/aromatic N) is 2. The highest BCUT2D eigenvalue weighted by atomic mass is 16.2. The molecule has 1 unspecified atom stereocenters. The van der Waals surface area contributed by atoms with Gasteiger partial charge in [-0.25, -0.2) is 0 Å². The third-order valence-electron chi connectivity index (χ3n) is 4.23. The normalized spacial score (nSPS) is 17.5. The Labute approximate surface area is 125 Å². The smallest absolute Gasteiger partial charge is 0.234 e. The molecule has 21 heavy (non-hydrogen) atoms. The Bertz CT molecular complexity index is 522. The molecule has 2 rings (SSSR count). The molecule has 0 aromatic heterocycles. The average molecular weight is 289 g/mol. The van der Waals surface area contributed by atoms with Crippen molar-refractivity contribution in [1.29, 1.82) is 0 Å². The fraction of sp³-hybridized carbons (Fsp3) is 0.500. The van der Waals surface area contributed by atoms with Gasteiger partial charge < -0.3 is 10.6 Å². The van der Waals surface area contributed by atoms with Crippen LogP contribution in [0.15, 0.2) is 24.3 Å². The van der Waals surface area contributed by atoms with Gasteiger partial charge in [0.1, 0.15) is 0 Å². The number of primary amides is 1. The Morgan fingerprint density at radius 3 is 2.38 bits per heavy atom. The van der Waals surface area contributed by atoms with Crippen LogP contribution in [-0.2, 0) is 16.0 Å². The summed E-state index contributed by atoms with van der Waals surface area (Å²) in [5.41, 5.74) is 7.54. The highest BCUT2D eigenvalue weighted by Crippen LogP contribution is 2.12. The summed E-state index contributed by atoms with van der Waals surface area (Å²) in [6, 6.07) is 7.70. The second-order valence-corrected chi connectivity index (χ2v) is 5.60. The zero-order valence-electron chi connectivity index (χ0n) is 12.7. The zero-order chi connectivity index (χ0) is 15.4. The largest absolute Gasteiger partial charge is 0.368 e. The fourth-order valence-electron chi connectivity index (χ4n) is 2.62. The van der Waals surface area contributed by atoms with E-state index in [2.05, 4.69) is 0 Å². The molecule has 1 aliphatic rings. The number of amides is 2. The van der Waals surface area contributed by atoms with Gasteiger partial charge in [0.05, 0.1) is 12.5 Å². The van der Waals surface area contributed by atoms with Crippen LogP contribution in [-0.4, -0.2) is 53.8 Å². The van der Waals surface area contributed by atoms with Gasteiger partial charge >= 0.3 is 0 Å². The minimum atomic E-state index is -0.310. The van der Waals surface area contributed by atoms with Crippen LogP contribution >= 0.6 is 0 Å². The van der Waals surface area contributed by atoms with Crippen LogP contribution in [0.4, 0.5) is 0 Å². The van der Waals surface area contributed by atoms with Gasteiger partial charge in [0.25, 0.3) is 0 Å². The second-order valence-electron chi connectivity index (χ2n) is 5.60. The first-order valence-corrected chi connectivity index (χ1v) is 7.34. The molecule has 2 N–H and O–H groups in total. The van der Waals surface area contributed by atoms with Gasteiger partial charge in [0, 0.05) is 26.2 Å². The Balaban J connectivity index is 1.89. The summed E-state index contributed by atoms with van der Waals surface area (Å²) < 4.78 is 0. The summed E-state index contributed by atoms with van der Waals surface area (Å²) in [6.07, 6.45) is 0.443. The number of benzene rings is 1. The monoisotopic (exact) mass is 289 g/mol. The number of carbonyl (C=O) groups excluding carboxylic acids is 2. The lowest BCUT2D eigenvalue weighted by Crippen LogP contribution is -2.54. The van der Waals surface area contributed by atoms with E-state index in [0.717, 1.165) is 11.1 Å². The first-order valence-electron chi connectivity index (χ1n) is 7.34. The van der Waals surface area contributed by atoms with Gasteiger partial charge in [-0.2, -0.15) is 0 Å². The molecule has 1 aliphatic heterocycles. The first kappa shape index (κ1) is 15.5. The van der Waals surface area contributed by atoms with Gasteiger partial charge in [0.2, 0.25) is 11.8 Å². The fourth-order valence-corrected chi connectivity index (χ4v) is 2.62. The lowest BCUT2D eigenvalue weighted by Gasteiger charge is -2.37. The van der Waals surface area contributed by atoms with Crippen LogP contribution in [0.3, 0.4) is 0 Å². The van der Waals surface area contributed by atoms with Crippen LogP contribution in [0.5, 0.6) is 0 Å². The molecule has 1 fully saturated rings. The van der Waals surface area contributed by atoms with Gasteiger partial charge in [0.15, 0.2) is 0 Å². The SMILES string of the molecule is Cc1ccccc1CC(=O)N1CCN(C(C)C(N)=O)CC1. The van der Waals surface area contributed by atoms with Gasteiger partial charge in [-0.05, 0) is 25.0 Å². The Kier molecular flexibility index (Phi) is 4.96. The molecule has 1 heterocycles. The van der Waals surface area contributed by atoms with Gasteiger partial charge in [-0.15, -0.1) is 0 Å². The summed E-state index contributed by atoms with van der Waals surface area (Å²) in [4.78, 5) is 27.4. The number of hydrogen-bond acceptors (Lipinski definition) is 3. The number of rotatable bonds is 4. The van der Waals surface area contributed by atoms with E-state index in [1.807, 2.05) is 47.9 Å². The molecule has 0 aliphatic carbocycles. The van der Waals surface area contributed by atoms with Crippen LogP contribution in [0.2, 0.25) is 0 Å². The Morgan fingerprint density at radius 2 is 1.81 bits per heavy atom. The molecule has 1 saturated heterocycles. The molecular weight excluding hydrogens is 266 g/mol.